The van der Waals surface area contributed by atoms with Crippen molar-refractivity contribution in [3.05, 3.63) is 59.7 Å². The van der Waals surface area contributed by atoms with E-state index in [9.17, 15) is 4.79 Å². The Morgan fingerprint density at radius 2 is 2.06 bits per heavy atom. The molecule has 2 N–H and O–H groups in total. The molecular formula is C24H28N8O. The summed E-state index contributed by atoms with van der Waals surface area (Å²) in [6.45, 7) is 4.53. The Balaban J connectivity index is 1.35. The number of piperidine rings is 1. The molecule has 0 bridgehead atoms. The number of carbonyl (C=O) groups is 1. The number of fused-ring (bicyclic) bond motifs is 2. The average Bonchev–Trinajstić information content (AvgIpc) is 3.57. The Labute approximate surface area is 191 Å². The molecule has 6 heterocycles. The van der Waals surface area contributed by atoms with Gasteiger partial charge in [-0.1, -0.05) is 6.07 Å². The van der Waals surface area contributed by atoms with Crippen LogP contribution < -0.4 is 10.6 Å². The third-order valence-corrected chi connectivity index (χ3v) is 6.89. The number of hydrogen-bond donors (Lipinski definition) is 1. The highest BCUT2D eigenvalue weighted by molar-refractivity contribution is 5.93. The van der Waals surface area contributed by atoms with Crippen LogP contribution >= 0.6 is 0 Å². The second-order valence-corrected chi connectivity index (χ2v) is 9.20. The van der Waals surface area contributed by atoms with Crippen molar-refractivity contribution >= 4 is 22.9 Å². The zero-order valence-electron chi connectivity index (χ0n) is 18.8. The molecular weight excluding hydrogens is 416 g/mol. The standard InChI is InChI=1S/C24H28N8O/c1-16-14-31-22(27-23(16)29-12-9-17(25)15-29)13-19(28-31)20-6-2-3-11-30(20)24(33)21-7-4-5-18-8-10-26-32(18)21/h4-5,7-8,10,13-14,17,20H,2-3,6,9,11-12,15,25H2,1H3. The Kier molecular flexibility index (Phi) is 4.79. The molecule has 0 spiro atoms. The smallest absolute Gasteiger partial charge is 0.273 e. The first-order valence-electron chi connectivity index (χ1n) is 11.7. The number of anilines is 1. The Hall–Kier alpha value is -3.46. The van der Waals surface area contributed by atoms with Crippen LogP contribution in [0.3, 0.4) is 0 Å². The van der Waals surface area contributed by atoms with Crippen LogP contribution in [0.1, 0.15) is 53.5 Å². The first-order chi connectivity index (χ1) is 16.1. The van der Waals surface area contributed by atoms with Gasteiger partial charge >= 0.3 is 0 Å². The maximum atomic E-state index is 13.6. The number of aromatic nitrogens is 5. The Morgan fingerprint density at radius 1 is 1.15 bits per heavy atom. The van der Waals surface area contributed by atoms with Crippen molar-refractivity contribution in [3.63, 3.8) is 0 Å². The third kappa shape index (κ3) is 3.43. The number of likely N-dealkylation sites (tertiary alicyclic amines) is 1. The highest BCUT2D eigenvalue weighted by atomic mass is 16.2. The predicted molar refractivity (Wildman–Crippen MR) is 125 cm³/mol. The molecule has 1 amide bonds. The molecule has 0 saturated carbocycles. The van der Waals surface area contributed by atoms with Gasteiger partial charge in [-0.05, 0) is 50.8 Å². The molecule has 2 unspecified atom stereocenters. The van der Waals surface area contributed by atoms with Gasteiger partial charge < -0.3 is 15.5 Å². The highest BCUT2D eigenvalue weighted by Crippen LogP contribution is 2.32. The van der Waals surface area contributed by atoms with E-state index in [1.807, 2.05) is 45.9 Å². The summed E-state index contributed by atoms with van der Waals surface area (Å²) >= 11 is 0. The van der Waals surface area contributed by atoms with E-state index in [0.717, 1.165) is 67.0 Å². The highest BCUT2D eigenvalue weighted by Gasteiger charge is 2.32. The zero-order valence-corrected chi connectivity index (χ0v) is 18.8. The first kappa shape index (κ1) is 20.2. The fourth-order valence-corrected chi connectivity index (χ4v) is 5.22. The predicted octanol–water partition coefficient (Wildman–Crippen LogP) is 2.59. The topological polar surface area (TPSA) is 97.1 Å². The van der Waals surface area contributed by atoms with E-state index in [1.54, 1.807) is 10.7 Å². The summed E-state index contributed by atoms with van der Waals surface area (Å²) in [5, 5.41) is 9.21. The number of pyridine rings is 1. The van der Waals surface area contributed by atoms with Gasteiger partial charge in [0.25, 0.3) is 5.91 Å². The number of amides is 1. The molecule has 2 fully saturated rings. The molecule has 2 atom stereocenters. The van der Waals surface area contributed by atoms with E-state index in [0.29, 0.717) is 12.2 Å². The second-order valence-electron chi connectivity index (χ2n) is 9.20. The van der Waals surface area contributed by atoms with Crippen LogP contribution in [-0.4, -0.2) is 60.7 Å². The van der Waals surface area contributed by atoms with E-state index < -0.39 is 0 Å². The fourth-order valence-electron chi connectivity index (χ4n) is 5.22. The lowest BCUT2D eigenvalue weighted by Gasteiger charge is -2.34. The van der Waals surface area contributed by atoms with Gasteiger partial charge in [-0.3, -0.25) is 4.79 Å². The van der Waals surface area contributed by atoms with Crippen LogP contribution in [0, 0.1) is 6.92 Å². The van der Waals surface area contributed by atoms with Gasteiger partial charge in [-0.2, -0.15) is 10.2 Å². The van der Waals surface area contributed by atoms with Crippen LogP contribution in [0.5, 0.6) is 0 Å². The largest absolute Gasteiger partial charge is 0.355 e. The van der Waals surface area contributed by atoms with Gasteiger partial charge in [0.15, 0.2) is 5.65 Å². The summed E-state index contributed by atoms with van der Waals surface area (Å²) in [6, 6.07) is 9.77. The first-order valence-corrected chi connectivity index (χ1v) is 11.7. The van der Waals surface area contributed by atoms with Crippen molar-refractivity contribution in [2.75, 3.05) is 24.5 Å². The Morgan fingerprint density at radius 3 is 2.91 bits per heavy atom. The minimum atomic E-state index is -0.0808. The van der Waals surface area contributed by atoms with E-state index in [2.05, 4.69) is 16.9 Å². The maximum absolute atomic E-state index is 13.6. The van der Waals surface area contributed by atoms with E-state index in [-0.39, 0.29) is 18.0 Å². The van der Waals surface area contributed by atoms with Crippen molar-refractivity contribution in [1.29, 1.82) is 0 Å². The average molecular weight is 445 g/mol. The third-order valence-electron chi connectivity index (χ3n) is 6.89. The van der Waals surface area contributed by atoms with E-state index in [4.69, 9.17) is 15.8 Å². The number of rotatable bonds is 3. The van der Waals surface area contributed by atoms with Crippen molar-refractivity contribution in [3.8, 4) is 0 Å². The molecule has 170 valence electrons. The normalized spacial score (nSPS) is 21.4. The van der Waals surface area contributed by atoms with E-state index in [1.165, 1.54) is 0 Å². The summed E-state index contributed by atoms with van der Waals surface area (Å²) in [6.07, 6.45) is 7.68. The molecule has 0 aliphatic carbocycles. The van der Waals surface area contributed by atoms with Crippen LogP contribution in [0.2, 0.25) is 0 Å². The zero-order chi connectivity index (χ0) is 22.5. The van der Waals surface area contributed by atoms with Gasteiger partial charge in [-0.15, -0.1) is 0 Å². The van der Waals surface area contributed by atoms with Gasteiger partial charge in [-0.25, -0.2) is 14.0 Å². The molecule has 2 aliphatic heterocycles. The molecule has 9 heteroatoms. The summed E-state index contributed by atoms with van der Waals surface area (Å²) in [7, 11) is 0. The minimum absolute atomic E-state index is 0.0121. The van der Waals surface area contributed by atoms with Crippen molar-refractivity contribution in [2.45, 2.75) is 44.7 Å². The number of carbonyl (C=O) groups excluding carboxylic acids is 1. The monoisotopic (exact) mass is 444 g/mol. The number of aryl methyl sites for hydroxylation is 1. The van der Waals surface area contributed by atoms with Gasteiger partial charge in [0.1, 0.15) is 11.5 Å². The molecule has 33 heavy (non-hydrogen) atoms. The molecule has 0 aromatic carbocycles. The van der Waals surface area contributed by atoms with Gasteiger partial charge in [0.05, 0.1) is 23.4 Å². The summed E-state index contributed by atoms with van der Waals surface area (Å²) < 4.78 is 3.56. The fraction of sp³-hybridized carbons (Fsp3) is 0.417. The van der Waals surface area contributed by atoms with Gasteiger partial charge in [0, 0.05) is 43.5 Å². The molecule has 6 rings (SSSR count). The van der Waals surface area contributed by atoms with Crippen LogP contribution in [0.4, 0.5) is 5.82 Å². The summed E-state index contributed by atoms with van der Waals surface area (Å²) in [5.41, 5.74) is 10.4. The van der Waals surface area contributed by atoms with Crippen LogP contribution in [-0.2, 0) is 0 Å². The molecule has 2 aliphatic rings. The maximum Gasteiger partial charge on any atom is 0.273 e. The molecule has 2 saturated heterocycles. The Bertz CT molecular complexity index is 1340. The number of nitrogens with zero attached hydrogens (tertiary/aromatic N) is 7. The lowest BCUT2D eigenvalue weighted by atomic mass is 9.99. The van der Waals surface area contributed by atoms with Crippen molar-refractivity contribution in [1.82, 2.24) is 29.1 Å². The number of hydrogen-bond acceptors (Lipinski definition) is 6. The lowest BCUT2D eigenvalue weighted by Crippen LogP contribution is -2.39. The molecule has 4 aromatic rings. The van der Waals surface area contributed by atoms with Crippen molar-refractivity contribution in [2.24, 2.45) is 5.73 Å². The molecule has 0 radical (unpaired) electrons. The summed E-state index contributed by atoms with van der Waals surface area (Å²) in [5.74, 6) is 0.964. The second kappa shape index (κ2) is 7.84. The molecule has 4 aromatic heterocycles. The SMILES string of the molecule is Cc1cn2nc(C3CCCCN3C(=O)c3cccc4ccnn34)cc2nc1N1CCC(N)C1. The van der Waals surface area contributed by atoms with Crippen LogP contribution in [0.15, 0.2) is 42.7 Å². The van der Waals surface area contributed by atoms with Gasteiger partial charge in [0.2, 0.25) is 0 Å². The minimum Gasteiger partial charge on any atom is -0.355 e. The van der Waals surface area contributed by atoms with Crippen LogP contribution in [0.25, 0.3) is 11.2 Å². The quantitative estimate of drug-likeness (QED) is 0.522. The summed E-state index contributed by atoms with van der Waals surface area (Å²) in [4.78, 5) is 22.8. The molecule has 9 nitrogen and oxygen atoms in total. The van der Waals surface area contributed by atoms with Crippen molar-refractivity contribution < 1.29 is 4.79 Å². The van der Waals surface area contributed by atoms with E-state index >= 15 is 0 Å². The lowest BCUT2D eigenvalue weighted by molar-refractivity contribution is 0.0596. The number of nitrogens with two attached hydrogens (primary N) is 1.